The van der Waals surface area contributed by atoms with E-state index in [4.69, 9.17) is 0 Å². The van der Waals surface area contributed by atoms with E-state index >= 15 is 0 Å². The summed E-state index contributed by atoms with van der Waals surface area (Å²) >= 11 is 3.46. The third-order valence-electron chi connectivity index (χ3n) is 3.28. The minimum absolute atomic E-state index is 0.157. The molecule has 1 nitrogen and oxygen atoms in total. The number of ketones is 1. The van der Waals surface area contributed by atoms with Crippen LogP contribution in [0.4, 0.5) is 0 Å². The van der Waals surface area contributed by atoms with Gasteiger partial charge in [0, 0.05) is 16.5 Å². The maximum absolute atomic E-state index is 12.4. The van der Waals surface area contributed by atoms with E-state index in [2.05, 4.69) is 41.1 Å². The zero-order valence-corrected chi connectivity index (χ0v) is 13.0. The summed E-state index contributed by atoms with van der Waals surface area (Å²) in [6.45, 7) is 6.10. The lowest BCUT2D eigenvalue weighted by Gasteiger charge is -2.08. The van der Waals surface area contributed by atoms with Gasteiger partial charge in [0.2, 0.25) is 0 Å². The Balaban J connectivity index is 2.30. The second-order valence-corrected chi connectivity index (χ2v) is 5.87. The van der Waals surface area contributed by atoms with E-state index in [0.717, 1.165) is 21.2 Å². The molecule has 0 saturated heterocycles. The van der Waals surface area contributed by atoms with Crippen LogP contribution in [0.25, 0.3) is 0 Å². The van der Waals surface area contributed by atoms with Crippen molar-refractivity contribution >= 4 is 21.7 Å². The molecule has 0 bridgehead atoms. The number of rotatable bonds is 3. The Kier molecular flexibility index (Phi) is 4.20. The molecule has 0 spiro atoms. The molecule has 0 aliphatic rings. The molecule has 0 N–H and O–H groups in total. The standard InChI is InChI=1S/C17H17BrO/c1-11-4-6-13(3)14(8-11)10-17(19)15-9-12(2)5-7-16(15)18/h4-9H,10H2,1-3H3. The van der Waals surface area contributed by atoms with Crippen molar-refractivity contribution in [3.8, 4) is 0 Å². The van der Waals surface area contributed by atoms with E-state index in [1.54, 1.807) is 0 Å². The third-order valence-corrected chi connectivity index (χ3v) is 3.97. The first kappa shape index (κ1) is 14.0. The van der Waals surface area contributed by atoms with Crippen LogP contribution in [0.3, 0.4) is 0 Å². The Hall–Kier alpha value is -1.41. The summed E-state index contributed by atoms with van der Waals surface area (Å²) in [6, 6.07) is 12.1. The molecule has 98 valence electrons. The van der Waals surface area contributed by atoms with E-state index in [-0.39, 0.29) is 5.78 Å². The lowest BCUT2D eigenvalue weighted by atomic mass is 9.97. The van der Waals surface area contributed by atoms with Gasteiger partial charge in [-0.05, 0) is 44.0 Å². The van der Waals surface area contributed by atoms with Crippen LogP contribution in [0.5, 0.6) is 0 Å². The smallest absolute Gasteiger partial charge is 0.168 e. The minimum atomic E-state index is 0.157. The second-order valence-electron chi connectivity index (χ2n) is 5.01. The summed E-state index contributed by atoms with van der Waals surface area (Å²) in [7, 11) is 0. The molecule has 0 radical (unpaired) electrons. The van der Waals surface area contributed by atoms with Crippen LogP contribution in [0.2, 0.25) is 0 Å². The van der Waals surface area contributed by atoms with E-state index in [0.29, 0.717) is 6.42 Å². The van der Waals surface area contributed by atoms with E-state index in [1.807, 2.05) is 32.0 Å². The highest BCUT2D eigenvalue weighted by molar-refractivity contribution is 9.10. The maximum Gasteiger partial charge on any atom is 0.168 e. The average molecular weight is 317 g/mol. The van der Waals surface area contributed by atoms with Gasteiger partial charge < -0.3 is 0 Å². The highest BCUT2D eigenvalue weighted by Crippen LogP contribution is 2.21. The molecule has 2 aromatic carbocycles. The second kappa shape index (κ2) is 5.70. The molecule has 0 aliphatic carbocycles. The van der Waals surface area contributed by atoms with Gasteiger partial charge in [-0.3, -0.25) is 4.79 Å². The molecular weight excluding hydrogens is 300 g/mol. The van der Waals surface area contributed by atoms with Crippen molar-refractivity contribution in [1.82, 2.24) is 0 Å². The van der Waals surface area contributed by atoms with E-state index < -0.39 is 0 Å². The van der Waals surface area contributed by atoms with Gasteiger partial charge in [0.15, 0.2) is 5.78 Å². The van der Waals surface area contributed by atoms with Gasteiger partial charge in [-0.2, -0.15) is 0 Å². The van der Waals surface area contributed by atoms with Crippen molar-refractivity contribution in [2.24, 2.45) is 0 Å². The SMILES string of the molecule is Cc1ccc(C)c(CC(=O)c2cc(C)ccc2Br)c1. The number of carbonyl (C=O) groups is 1. The molecule has 0 aliphatic heterocycles. The van der Waals surface area contributed by atoms with Gasteiger partial charge in [-0.15, -0.1) is 0 Å². The first-order valence-electron chi connectivity index (χ1n) is 6.33. The normalized spacial score (nSPS) is 10.5. The van der Waals surface area contributed by atoms with Crippen LogP contribution in [-0.2, 0) is 6.42 Å². The molecular formula is C17H17BrO. The molecule has 19 heavy (non-hydrogen) atoms. The monoisotopic (exact) mass is 316 g/mol. The molecule has 0 saturated carbocycles. The number of aryl methyl sites for hydroxylation is 3. The predicted molar refractivity (Wildman–Crippen MR) is 82.8 cm³/mol. The summed E-state index contributed by atoms with van der Waals surface area (Å²) in [5, 5.41) is 0. The van der Waals surface area contributed by atoms with E-state index in [1.165, 1.54) is 11.1 Å². The van der Waals surface area contributed by atoms with Crippen LogP contribution in [-0.4, -0.2) is 5.78 Å². The fourth-order valence-electron chi connectivity index (χ4n) is 2.11. The van der Waals surface area contributed by atoms with Gasteiger partial charge >= 0.3 is 0 Å². The summed E-state index contributed by atoms with van der Waals surface area (Å²) in [6.07, 6.45) is 0.454. The maximum atomic E-state index is 12.4. The highest BCUT2D eigenvalue weighted by atomic mass is 79.9. The Bertz CT molecular complexity index is 629. The van der Waals surface area contributed by atoms with Crippen LogP contribution in [0.1, 0.15) is 32.6 Å². The lowest BCUT2D eigenvalue weighted by Crippen LogP contribution is -2.06. The minimum Gasteiger partial charge on any atom is -0.294 e. The summed E-state index contributed by atoms with van der Waals surface area (Å²) in [5.41, 5.74) is 5.34. The quantitative estimate of drug-likeness (QED) is 0.743. The van der Waals surface area contributed by atoms with Crippen molar-refractivity contribution in [1.29, 1.82) is 0 Å². The van der Waals surface area contributed by atoms with Gasteiger partial charge in [0.1, 0.15) is 0 Å². The summed E-state index contributed by atoms with van der Waals surface area (Å²) in [4.78, 5) is 12.4. The van der Waals surface area contributed by atoms with Crippen molar-refractivity contribution in [3.63, 3.8) is 0 Å². The molecule has 2 aromatic rings. The number of carbonyl (C=O) groups excluding carboxylic acids is 1. The van der Waals surface area contributed by atoms with Crippen LogP contribution >= 0.6 is 15.9 Å². The number of hydrogen-bond donors (Lipinski definition) is 0. The molecule has 0 heterocycles. The number of Topliss-reactive ketones (excluding diaryl/α,β-unsaturated/α-hetero) is 1. The van der Waals surface area contributed by atoms with Crippen LogP contribution in [0.15, 0.2) is 40.9 Å². The largest absolute Gasteiger partial charge is 0.294 e. The Morgan fingerprint density at radius 3 is 2.37 bits per heavy atom. The zero-order chi connectivity index (χ0) is 14.0. The molecule has 2 rings (SSSR count). The average Bonchev–Trinajstić information content (AvgIpc) is 2.36. The van der Waals surface area contributed by atoms with Crippen molar-refractivity contribution in [2.45, 2.75) is 27.2 Å². The lowest BCUT2D eigenvalue weighted by molar-refractivity contribution is 0.0992. The van der Waals surface area contributed by atoms with Crippen molar-refractivity contribution in [3.05, 3.63) is 68.7 Å². The summed E-state index contributed by atoms with van der Waals surface area (Å²) < 4.78 is 0.869. The number of hydrogen-bond acceptors (Lipinski definition) is 1. The van der Waals surface area contributed by atoms with Crippen LogP contribution in [0, 0.1) is 20.8 Å². The highest BCUT2D eigenvalue weighted by Gasteiger charge is 2.12. The van der Waals surface area contributed by atoms with E-state index in [9.17, 15) is 4.79 Å². The predicted octanol–water partition coefficient (Wildman–Crippen LogP) is 4.80. The van der Waals surface area contributed by atoms with Crippen molar-refractivity contribution in [2.75, 3.05) is 0 Å². The Morgan fingerprint density at radius 1 is 1.00 bits per heavy atom. The fraction of sp³-hybridized carbons (Fsp3) is 0.235. The molecule has 2 heteroatoms. The zero-order valence-electron chi connectivity index (χ0n) is 11.5. The van der Waals surface area contributed by atoms with Crippen LogP contribution < -0.4 is 0 Å². The van der Waals surface area contributed by atoms with Gasteiger partial charge in [-0.1, -0.05) is 51.3 Å². The molecule has 0 unspecified atom stereocenters. The van der Waals surface area contributed by atoms with Gasteiger partial charge in [-0.25, -0.2) is 0 Å². The number of halogens is 1. The Labute approximate surface area is 122 Å². The first-order chi connectivity index (χ1) is 8.97. The molecule has 0 aromatic heterocycles. The Morgan fingerprint density at radius 2 is 1.63 bits per heavy atom. The summed E-state index contributed by atoms with van der Waals surface area (Å²) in [5.74, 6) is 0.157. The topological polar surface area (TPSA) is 17.1 Å². The number of benzene rings is 2. The molecule has 0 atom stereocenters. The molecule has 0 fully saturated rings. The first-order valence-corrected chi connectivity index (χ1v) is 7.12. The van der Waals surface area contributed by atoms with Crippen molar-refractivity contribution < 1.29 is 4.79 Å². The third kappa shape index (κ3) is 3.32. The fourth-order valence-corrected chi connectivity index (χ4v) is 2.58. The van der Waals surface area contributed by atoms with Gasteiger partial charge in [0.05, 0.1) is 0 Å². The molecule has 0 amide bonds. The van der Waals surface area contributed by atoms with Gasteiger partial charge in [0.25, 0.3) is 0 Å².